The smallest absolute Gasteiger partial charge is 0.235 e. The van der Waals surface area contributed by atoms with Crippen LogP contribution in [0.3, 0.4) is 0 Å². The van der Waals surface area contributed by atoms with Crippen LogP contribution in [0, 0.1) is 11.8 Å². The van der Waals surface area contributed by atoms with Gasteiger partial charge < -0.3 is 10.6 Å². The number of thiophene rings is 1. The summed E-state index contributed by atoms with van der Waals surface area (Å²) in [4.78, 5) is 15.4. The number of carbonyl (C=O) groups excluding carboxylic acids is 1. The van der Waals surface area contributed by atoms with E-state index in [-0.39, 0.29) is 11.2 Å². The van der Waals surface area contributed by atoms with Crippen molar-refractivity contribution in [1.29, 1.82) is 0 Å². The normalized spacial score (nSPS) is 18.2. The lowest BCUT2D eigenvalue weighted by Gasteiger charge is -2.25. The summed E-state index contributed by atoms with van der Waals surface area (Å²) in [6.45, 7) is 1.05. The highest BCUT2D eigenvalue weighted by Gasteiger charge is 2.24. The Labute approximate surface area is 128 Å². The second kappa shape index (κ2) is 7.72. The monoisotopic (exact) mass is 308 g/mol. The third-order valence-electron chi connectivity index (χ3n) is 3.21. The van der Waals surface area contributed by atoms with E-state index in [1.165, 1.54) is 17.7 Å². The van der Waals surface area contributed by atoms with Gasteiger partial charge in [-0.1, -0.05) is 18.3 Å². The van der Waals surface area contributed by atoms with Crippen LogP contribution in [-0.4, -0.2) is 35.4 Å². The van der Waals surface area contributed by atoms with E-state index in [2.05, 4.69) is 11.8 Å². The molecule has 0 bridgehead atoms. The first-order valence-electron chi connectivity index (χ1n) is 6.83. The van der Waals surface area contributed by atoms with Crippen molar-refractivity contribution in [3.63, 3.8) is 0 Å². The van der Waals surface area contributed by atoms with E-state index in [4.69, 9.17) is 5.73 Å². The molecule has 1 atom stereocenters. The quantitative estimate of drug-likeness (QED) is 0.872. The molecule has 3 nitrogen and oxygen atoms in total. The lowest BCUT2D eigenvalue weighted by Crippen LogP contribution is -2.35. The van der Waals surface area contributed by atoms with Gasteiger partial charge in [-0.05, 0) is 24.7 Å². The largest absolute Gasteiger partial charge is 0.340 e. The fraction of sp³-hybridized carbons (Fsp3) is 0.533. The van der Waals surface area contributed by atoms with E-state index in [0.717, 1.165) is 17.7 Å². The van der Waals surface area contributed by atoms with Gasteiger partial charge in [-0.3, -0.25) is 4.79 Å². The molecule has 2 heterocycles. The number of rotatable bonds is 3. The molecular formula is C15H20N2OS2. The average molecular weight is 308 g/mol. The number of nitrogens with zero attached hydrogens (tertiary/aromatic N) is 1. The SMILES string of the molecule is CN(Cc1cc(C#CCN)cs1)C(=O)C1CCCCS1. The minimum absolute atomic E-state index is 0.158. The summed E-state index contributed by atoms with van der Waals surface area (Å²) in [7, 11) is 1.89. The molecule has 1 aliphatic rings. The first-order chi connectivity index (χ1) is 9.70. The van der Waals surface area contributed by atoms with E-state index in [9.17, 15) is 4.79 Å². The zero-order valence-electron chi connectivity index (χ0n) is 11.7. The molecule has 5 heteroatoms. The summed E-state index contributed by atoms with van der Waals surface area (Å²) in [5.41, 5.74) is 6.35. The van der Waals surface area contributed by atoms with Crippen molar-refractivity contribution in [1.82, 2.24) is 4.90 Å². The average Bonchev–Trinajstić information content (AvgIpc) is 2.92. The molecule has 0 radical (unpaired) electrons. The molecule has 0 spiro atoms. The van der Waals surface area contributed by atoms with Crippen molar-refractivity contribution in [2.45, 2.75) is 31.1 Å². The number of amides is 1. The zero-order valence-corrected chi connectivity index (χ0v) is 13.4. The van der Waals surface area contributed by atoms with Gasteiger partial charge in [-0.2, -0.15) is 0 Å². The summed E-state index contributed by atoms with van der Waals surface area (Å²) in [5, 5.41) is 2.18. The van der Waals surface area contributed by atoms with Crippen molar-refractivity contribution in [2.75, 3.05) is 19.3 Å². The molecule has 1 saturated heterocycles. The lowest BCUT2D eigenvalue weighted by atomic mass is 10.1. The molecule has 1 amide bonds. The van der Waals surface area contributed by atoms with Gasteiger partial charge in [-0.25, -0.2) is 0 Å². The fourth-order valence-corrected chi connectivity index (χ4v) is 4.35. The lowest BCUT2D eigenvalue weighted by molar-refractivity contribution is -0.130. The molecule has 2 N–H and O–H groups in total. The van der Waals surface area contributed by atoms with Crippen molar-refractivity contribution < 1.29 is 4.79 Å². The molecular weight excluding hydrogens is 288 g/mol. The Morgan fingerprint density at radius 2 is 2.40 bits per heavy atom. The highest BCUT2D eigenvalue weighted by atomic mass is 32.2. The fourth-order valence-electron chi connectivity index (χ4n) is 2.18. The van der Waals surface area contributed by atoms with Crippen LogP contribution in [0.15, 0.2) is 11.4 Å². The van der Waals surface area contributed by atoms with E-state index in [1.807, 2.05) is 23.4 Å². The standard InChI is InChI=1S/C15H20N2OS2/c1-17(15(18)14-6-2-3-8-19-14)10-13-9-12(11-20-13)5-4-7-16/h9,11,14H,2-3,6-8,10,16H2,1H3. The van der Waals surface area contributed by atoms with E-state index < -0.39 is 0 Å². The van der Waals surface area contributed by atoms with Crippen LogP contribution >= 0.6 is 23.1 Å². The van der Waals surface area contributed by atoms with Gasteiger partial charge in [0, 0.05) is 22.9 Å². The van der Waals surface area contributed by atoms with Gasteiger partial charge in [0.05, 0.1) is 18.3 Å². The Kier molecular flexibility index (Phi) is 5.96. The summed E-state index contributed by atoms with van der Waals surface area (Å²) in [6, 6.07) is 2.05. The Balaban J connectivity index is 1.91. The number of thioether (sulfide) groups is 1. The third-order valence-corrected chi connectivity index (χ3v) is 5.50. The van der Waals surface area contributed by atoms with Crippen LogP contribution in [0.1, 0.15) is 29.7 Å². The van der Waals surface area contributed by atoms with Crippen LogP contribution in [0.5, 0.6) is 0 Å². The van der Waals surface area contributed by atoms with Crippen molar-refractivity contribution in [3.05, 3.63) is 21.9 Å². The van der Waals surface area contributed by atoms with Gasteiger partial charge >= 0.3 is 0 Å². The molecule has 1 unspecified atom stereocenters. The summed E-state index contributed by atoms with van der Waals surface area (Å²) in [6.07, 6.45) is 3.44. The van der Waals surface area contributed by atoms with E-state index >= 15 is 0 Å². The minimum Gasteiger partial charge on any atom is -0.340 e. The molecule has 0 saturated carbocycles. The second-order valence-electron chi connectivity index (χ2n) is 4.86. The zero-order chi connectivity index (χ0) is 14.4. The number of carbonyl (C=O) groups is 1. The number of hydrogen-bond donors (Lipinski definition) is 1. The molecule has 1 aromatic rings. The molecule has 0 aromatic carbocycles. The summed E-state index contributed by atoms with van der Waals surface area (Å²) < 4.78 is 0. The van der Waals surface area contributed by atoms with Gasteiger partial charge in [0.25, 0.3) is 0 Å². The molecule has 1 fully saturated rings. The van der Waals surface area contributed by atoms with Crippen molar-refractivity contribution in [2.24, 2.45) is 5.73 Å². The predicted molar refractivity (Wildman–Crippen MR) is 86.8 cm³/mol. The first kappa shape index (κ1) is 15.4. The minimum atomic E-state index is 0.158. The first-order valence-corrected chi connectivity index (χ1v) is 8.76. The van der Waals surface area contributed by atoms with Crippen LogP contribution in [0.2, 0.25) is 0 Å². The van der Waals surface area contributed by atoms with Gasteiger partial charge in [0.1, 0.15) is 0 Å². The van der Waals surface area contributed by atoms with E-state index in [1.54, 1.807) is 23.1 Å². The Hall–Kier alpha value is -0.960. The Morgan fingerprint density at radius 3 is 3.10 bits per heavy atom. The number of nitrogens with two attached hydrogens (primary N) is 1. The van der Waals surface area contributed by atoms with Gasteiger partial charge in [0.2, 0.25) is 5.91 Å². The topological polar surface area (TPSA) is 46.3 Å². The maximum Gasteiger partial charge on any atom is 0.235 e. The van der Waals surface area contributed by atoms with Crippen LogP contribution in [0.4, 0.5) is 0 Å². The van der Waals surface area contributed by atoms with Gasteiger partial charge in [-0.15, -0.1) is 23.1 Å². The van der Waals surface area contributed by atoms with Gasteiger partial charge in [0.15, 0.2) is 0 Å². The maximum atomic E-state index is 12.3. The third kappa shape index (κ3) is 4.27. The van der Waals surface area contributed by atoms with Crippen LogP contribution < -0.4 is 5.73 Å². The maximum absolute atomic E-state index is 12.3. The molecule has 108 valence electrons. The molecule has 1 aliphatic heterocycles. The number of hydrogen-bond acceptors (Lipinski definition) is 4. The molecule has 0 aliphatic carbocycles. The highest BCUT2D eigenvalue weighted by molar-refractivity contribution is 8.00. The predicted octanol–water partition coefficient (Wildman–Crippen LogP) is 2.30. The van der Waals surface area contributed by atoms with E-state index in [0.29, 0.717) is 13.1 Å². The summed E-state index contributed by atoms with van der Waals surface area (Å²) >= 11 is 3.45. The highest BCUT2D eigenvalue weighted by Crippen LogP contribution is 2.27. The van der Waals surface area contributed by atoms with Crippen LogP contribution in [0.25, 0.3) is 0 Å². The molecule has 20 heavy (non-hydrogen) atoms. The Morgan fingerprint density at radius 1 is 1.55 bits per heavy atom. The Bertz CT molecular complexity index is 509. The molecule has 2 rings (SSSR count). The van der Waals surface area contributed by atoms with Crippen molar-refractivity contribution >= 4 is 29.0 Å². The van der Waals surface area contributed by atoms with Crippen LogP contribution in [-0.2, 0) is 11.3 Å². The molecule has 1 aromatic heterocycles. The summed E-state index contributed by atoms with van der Waals surface area (Å²) in [5.74, 6) is 7.24. The van der Waals surface area contributed by atoms with Crippen molar-refractivity contribution in [3.8, 4) is 11.8 Å². The second-order valence-corrected chi connectivity index (χ2v) is 7.16.